The molecule has 2 N–H and O–H groups in total. The number of nitrogens with one attached hydrogen (secondary N) is 1. The Kier molecular flexibility index (Phi) is 7.51. The summed E-state index contributed by atoms with van der Waals surface area (Å²) in [5.41, 5.74) is 3.42. The lowest BCUT2D eigenvalue weighted by molar-refractivity contribution is 0.104. The smallest absolute Gasteiger partial charge is 0.204 e. The molecule has 2 heterocycles. The molecule has 192 valence electrons. The zero-order valence-electron chi connectivity index (χ0n) is 20.7. The number of tetrazole rings is 1. The minimum absolute atomic E-state index is 0.129. The second-order valence-electron chi connectivity index (χ2n) is 8.39. The van der Waals surface area contributed by atoms with Gasteiger partial charge in [-0.05, 0) is 66.2 Å². The first-order valence-corrected chi connectivity index (χ1v) is 12.2. The molecule has 0 aliphatic rings. The van der Waals surface area contributed by atoms with E-state index in [-0.39, 0.29) is 23.7 Å². The van der Waals surface area contributed by atoms with Crippen molar-refractivity contribution in [1.29, 1.82) is 0 Å². The number of hydrogen-bond donors (Lipinski definition) is 2. The van der Waals surface area contributed by atoms with Gasteiger partial charge in [-0.15, -0.1) is 10.2 Å². The summed E-state index contributed by atoms with van der Waals surface area (Å²) in [5, 5.41) is 23.9. The van der Waals surface area contributed by atoms with Crippen molar-refractivity contribution >= 4 is 22.9 Å². The molecule has 0 amide bonds. The van der Waals surface area contributed by atoms with Crippen LogP contribution in [-0.4, -0.2) is 54.3 Å². The van der Waals surface area contributed by atoms with Crippen LogP contribution >= 0.6 is 0 Å². The summed E-state index contributed by atoms with van der Waals surface area (Å²) in [7, 11) is 0. The number of ketones is 1. The van der Waals surface area contributed by atoms with E-state index in [0.29, 0.717) is 36.9 Å². The van der Waals surface area contributed by atoms with Gasteiger partial charge in [0.15, 0.2) is 5.78 Å². The zero-order valence-corrected chi connectivity index (χ0v) is 20.7. The molecule has 3 aromatic carbocycles. The van der Waals surface area contributed by atoms with Crippen LogP contribution in [0.3, 0.4) is 0 Å². The molecule has 0 aliphatic heterocycles. The molecule has 10 nitrogen and oxygen atoms in total. The van der Waals surface area contributed by atoms with Gasteiger partial charge in [0.2, 0.25) is 5.82 Å². The second kappa shape index (κ2) is 11.5. The Bertz CT molecular complexity index is 1580. The van der Waals surface area contributed by atoms with Crippen molar-refractivity contribution in [2.24, 2.45) is 0 Å². The number of allylic oxidation sites excluding steroid dienone is 1. The third-order valence-electron chi connectivity index (χ3n) is 5.92. The lowest BCUT2D eigenvalue weighted by Gasteiger charge is -2.11. The Morgan fingerprint density at radius 1 is 1.11 bits per heavy atom. The van der Waals surface area contributed by atoms with Crippen LogP contribution < -0.4 is 4.74 Å². The minimum atomic E-state index is -0.359. The number of aromatic nitrogens is 6. The van der Waals surface area contributed by atoms with Gasteiger partial charge in [-0.3, -0.25) is 4.79 Å². The van der Waals surface area contributed by atoms with Gasteiger partial charge in [0.05, 0.1) is 23.2 Å². The van der Waals surface area contributed by atoms with Crippen molar-refractivity contribution in [2.75, 3.05) is 13.2 Å². The number of nitrogens with zero attached hydrogens (tertiary/aromatic N) is 5. The highest BCUT2D eigenvalue weighted by molar-refractivity contribution is 6.09. The number of carbonyl (C=O) groups is 1. The van der Waals surface area contributed by atoms with Crippen LogP contribution in [0.1, 0.15) is 28.7 Å². The SMILES string of the molecule is CCOCCn1c(COc2cccc(/C=C/C(=O)c3cc(-c4nn[nH]n4)ccc3O)c2)nc2ccccc21. The fourth-order valence-electron chi connectivity index (χ4n) is 4.06. The maximum atomic E-state index is 12.8. The minimum Gasteiger partial charge on any atom is -0.507 e. The number of hydrogen-bond acceptors (Lipinski definition) is 8. The molecule has 0 unspecified atom stereocenters. The molecule has 0 atom stereocenters. The largest absolute Gasteiger partial charge is 0.507 e. The van der Waals surface area contributed by atoms with E-state index in [0.717, 1.165) is 22.4 Å². The molecule has 2 aromatic heterocycles. The topological polar surface area (TPSA) is 128 Å². The van der Waals surface area contributed by atoms with Crippen molar-refractivity contribution in [2.45, 2.75) is 20.1 Å². The average Bonchev–Trinajstić information content (AvgIpc) is 3.60. The number of phenols is 1. The Labute approximate surface area is 218 Å². The number of fused-ring (bicyclic) bond motifs is 1. The first-order valence-electron chi connectivity index (χ1n) is 12.2. The van der Waals surface area contributed by atoms with Crippen LogP contribution in [0.15, 0.2) is 72.8 Å². The summed E-state index contributed by atoms with van der Waals surface area (Å²) in [6.45, 7) is 4.18. The number of imidazole rings is 1. The number of carbonyl (C=O) groups excluding carboxylic acids is 1. The number of H-pyrrole nitrogens is 1. The summed E-state index contributed by atoms with van der Waals surface area (Å²) < 4.78 is 13.7. The molecule has 0 fully saturated rings. The summed E-state index contributed by atoms with van der Waals surface area (Å²) in [5.74, 6) is 1.29. The average molecular weight is 511 g/mol. The van der Waals surface area contributed by atoms with Gasteiger partial charge in [-0.1, -0.05) is 30.3 Å². The van der Waals surface area contributed by atoms with Crippen molar-refractivity contribution in [3.05, 3.63) is 89.8 Å². The Balaban J connectivity index is 1.29. The Hall–Kier alpha value is -4.83. The van der Waals surface area contributed by atoms with Gasteiger partial charge < -0.3 is 19.1 Å². The molecule has 0 radical (unpaired) electrons. The van der Waals surface area contributed by atoms with E-state index in [9.17, 15) is 9.90 Å². The first-order chi connectivity index (χ1) is 18.6. The van der Waals surface area contributed by atoms with Crippen molar-refractivity contribution in [3.8, 4) is 22.9 Å². The van der Waals surface area contributed by atoms with Crippen LogP contribution in [0.4, 0.5) is 0 Å². The summed E-state index contributed by atoms with van der Waals surface area (Å²) >= 11 is 0. The highest BCUT2D eigenvalue weighted by Crippen LogP contribution is 2.25. The molecular formula is C28H26N6O4. The fourth-order valence-corrected chi connectivity index (χ4v) is 4.06. The zero-order chi connectivity index (χ0) is 26.3. The van der Waals surface area contributed by atoms with Crippen LogP contribution in [0.25, 0.3) is 28.5 Å². The van der Waals surface area contributed by atoms with Gasteiger partial charge in [-0.25, -0.2) is 4.98 Å². The van der Waals surface area contributed by atoms with E-state index < -0.39 is 0 Å². The molecule has 5 rings (SSSR count). The van der Waals surface area contributed by atoms with Crippen LogP contribution in [0.2, 0.25) is 0 Å². The number of benzene rings is 3. The van der Waals surface area contributed by atoms with E-state index in [1.807, 2.05) is 55.5 Å². The van der Waals surface area contributed by atoms with E-state index in [1.54, 1.807) is 12.1 Å². The van der Waals surface area contributed by atoms with E-state index in [2.05, 4.69) is 25.2 Å². The Morgan fingerprint density at radius 3 is 2.84 bits per heavy atom. The summed E-state index contributed by atoms with van der Waals surface area (Å²) in [6.07, 6.45) is 3.08. The molecule has 38 heavy (non-hydrogen) atoms. The molecule has 0 aliphatic carbocycles. The number of ether oxygens (including phenoxy) is 2. The maximum absolute atomic E-state index is 12.8. The van der Waals surface area contributed by atoms with Gasteiger partial charge in [0, 0.05) is 18.7 Å². The fraction of sp³-hybridized carbons (Fsp3) is 0.179. The predicted molar refractivity (Wildman–Crippen MR) is 142 cm³/mol. The molecule has 0 saturated heterocycles. The van der Waals surface area contributed by atoms with Crippen LogP contribution in [-0.2, 0) is 17.9 Å². The standard InChI is InChI=1S/C28H26N6O4/c1-2-37-15-14-34-24-9-4-3-8-23(24)29-27(34)18-38-21-7-5-6-19(16-21)10-12-25(35)22-17-20(11-13-26(22)36)28-30-32-33-31-28/h3-13,16-17,36H,2,14-15,18H2,1H3,(H,30,31,32,33)/b12-10+. The quantitative estimate of drug-likeness (QED) is 0.152. The summed E-state index contributed by atoms with van der Waals surface area (Å²) in [4.78, 5) is 17.6. The maximum Gasteiger partial charge on any atom is 0.204 e. The first kappa shape index (κ1) is 24.8. The highest BCUT2D eigenvalue weighted by atomic mass is 16.5. The third-order valence-corrected chi connectivity index (χ3v) is 5.92. The van der Waals surface area contributed by atoms with Crippen molar-refractivity contribution in [3.63, 3.8) is 0 Å². The number of para-hydroxylation sites is 2. The molecule has 0 bridgehead atoms. The molecule has 0 spiro atoms. The Morgan fingerprint density at radius 2 is 2.00 bits per heavy atom. The number of aromatic hydroxyl groups is 1. The highest BCUT2D eigenvalue weighted by Gasteiger charge is 2.13. The van der Waals surface area contributed by atoms with Crippen LogP contribution in [0.5, 0.6) is 11.5 Å². The number of phenolic OH excluding ortho intramolecular Hbond substituents is 1. The number of rotatable bonds is 11. The molecule has 5 aromatic rings. The van der Waals surface area contributed by atoms with E-state index in [4.69, 9.17) is 14.5 Å². The van der Waals surface area contributed by atoms with Gasteiger partial charge in [0.25, 0.3) is 0 Å². The van der Waals surface area contributed by atoms with Crippen LogP contribution in [0, 0.1) is 0 Å². The normalized spacial score (nSPS) is 11.4. The van der Waals surface area contributed by atoms with E-state index >= 15 is 0 Å². The summed E-state index contributed by atoms with van der Waals surface area (Å²) in [6, 6.07) is 20.0. The lowest BCUT2D eigenvalue weighted by atomic mass is 10.0. The lowest BCUT2D eigenvalue weighted by Crippen LogP contribution is -2.11. The molecule has 10 heteroatoms. The van der Waals surface area contributed by atoms with Gasteiger partial charge >= 0.3 is 0 Å². The third kappa shape index (κ3) is 5.60. The van der Waals surface area contributed by atoms with E-state index in [1.165, 1.54) is 18.2 Å². The molecular weight excluding hydrogens is 484 g/mol. The van der Waals surface area contributed by atoms with Gasteiger partial charge in [-0.2, -0.15) is 5.21 Å². The second-order valence-corrected chi connectivity index (χ2v) is 8.39. The van der Waals surface area contributed by atoms with Gasteiger partial charge in [0.1, 0.15) is 23.9 Å². The monoisotopic (exact) mass is 510 g/mol. The number of aromatic amines is 1. The van der Waals surface area contributed by atoms with Crippen molar-refractivity contribution in [1.82, 2.24) is 30.2 Å². The van der Waals surface area contributed by atoms with Crippen molar-refractivity contribution < 1.29 is 19.4 Å². The predicted octanol–water partition coefficient (Wildman–Crippen LogP) is 4.43. The molecule has 0 saturated carbocycles.